The van der Waals surface area contributed by atoms with Gasteiger partial charge in [-0.1, -0.05) is 18.2 Å². The fraction of sp³-hybridized carbons (Fsp3) is 0.250. The van der Waals surface area contributed by atoms with E-state index in [1.165, 1.54) is 0 Å². The van der Waals surface area contributed by atoms with E-state index in [4.69, 9.17) is 4.74 Å². The second kappa shape index (κ2) is 6.81. The van der Waals surface area contributed by atoms with Gasteiger partial charge in [-0.3, -0.25) is 0 Å². The Morgan fingerprint density at radius 3 is 2.68 bits per heavy atom. The molecule has 0 saturated heterocycles. The van der Waals surface area contributed by atoms with Crippen molar-refractivity contribution >= 4 is 26.8 Å². The first-order valence-corrected chi connectivity index (χ1v) is 8.73. The number of rotatable bonds is 4. The standard InChI is InChI=1S/C20H18BrN3O/c1-13-9-14-7-8-15(10-17(14)24-19(13)25-3)20(2,12-22)11-16-5-4-6-18(21)23-16/h4-10H,11H2,1-3H3. The van der Waals surface area contributed by atoms with Crippen molar-refractivity contribution in [2.45, 2.75) is 25.7 Å². The van der Waals surface area contributed by atoms with E-state index in [9.17, 15) is 5.26 Å². The van der Waals surface area contributed by atoms with Crippen LogP contribution in [0.1, 0.15) is 23.7 Å². The van der Waals surface area contributed by atoms with Crippen molar-refractivity contribution in [1.29, 1.82) is 5.26 Å². The maximum Gasteiger partial charge on any atom is 0.216 e. The number of benzene rings is 1. The molecule has 126 valence electrons. The zero-order chi connectivity index (χ0) is 18.0. The van der Waals surface area contributed by atoms with E-state index in [0.717, 1.165) is 32.3 Å². The smallest absolute Gasteiger partial charge is 0.216 e. The Morgan fingerprint density at radius 2 is 2.00 bits per heavy atom. The lowest BCUT2D eigenvalue weighted by molar-refractivity contribution is 0.396. The number of aryl methyl sites for hydroxylation is 1. The highest BCUT2D eigenvalue weighted by atomic mass is 79.9. The molecule has 0 saturated carbocycles. The summed E-state index contributed by atoms with van der Waals surface area (Å²) in [5, 5.41) is 10.9. The van der Waals surface area contributed by atoms with E-state index in [-0.39, 0.29) is 0 Å². The molecule has 0 aliphatic heterocycles. The zero-order valence-corrected chi connectivity index (χ0v) is 16.0. The largest absolute Gasteiger partial charge is 0.481 e. The van der Waals surface area contributed by atoms with Gasteiger partial charge in [0.25, 0.3) is 0 Å². The molecule has 2 heterocycles. The number of fused-ring (bicyclic) bond motifs is 1. The molecule has 3 aromatic rings. The molecule has 0 radical (unpaired) electrons. The Hall–Kier alpha value is -2.45. The van der Waals surface area contributed by atoms with Crippen LogP contribution >= 0.6 is 15.9 Å². The summed E-state index contributed by atoms with van der Waals surface area (Å²) in [6.45, 7) is 3.90. The maximum atomic E-state index is 9.85. The number of pyridine rings is 2. The van der Waals surface area contributed by atoms with Gasteiger partial charge in [0.2, 0.25) is 5.88 Å². The van der Waals surface area contributed by atoms with Gasteiger partial charge >= 0.3 is 0 Å². The molecule has 4 nitrogen and oxygen atoms in total. The third kappa shape index (κ3) is 3.49. The molecule has 0 spiro atoms. The van der Waals surface area contributed by atoms with E-state index in [2.05, 4.69) is 32.0 Å². The topological polar surface area (TPSA) is 58.8 Å². The van der Waals surface area contributed by atoms with Crippen LogP contribution in [-0.4, -0.2) is 17.1 Å². The lowest BCUT2D eigenvalue weighted by Crippen LogP contribution is -2.23. The molecule has 1 unspecified atom stereocenters. The number of nitrogens with zero attached hydrogens (tertiary/aromatic N) is 3. The molecule has 0 bridgehead atoms. The van der Waals surface area contributed by atoms with Crippen molar-refractivity contribution in [3.8, 4) is 11.9 Å². The Morgan fingerprint density at radius 1 is 1.20 bits per heavy atom. The first kappa shape index (κ1) is 17.4. The van der Waals surface area contributed by atoms with E-state index in [1.54, 1.807) is 7.11 Å². The minimum Gasteiger partial charge on any atom is -0.481 e. The number of nitriles is 1. The van der Waals surface area contributed by atoms with Gasteiger partial charge in [-0.15, -0.1) is 0 Å². The first-order chi connectivity index (χ1) is 11.9. The van der Waals surface area contributed by atoms with E-state index in [1.807, 2.05) is 56.3 Å². The van der Waals surface area contributed by atoms with Crippen molar-refractivity contribution < 1.29 is 4.74 Å². The number of ether oxygens (including phenoxy) is 1. The third-order valence-electron chi connectivity index (χ3n) is 4.35. The van der Waals surface area contributed by atoms with Gasteiger partial charge in [-0.2, -0.15) is 5.26 Å². The van der Waals surface area contributed by atoms with E-state index < -0.39 is 5.41 Å². The van der Waals surface area contributed by atoms with Gasteiger partial charge in [0, 0.05) is 23.1 Å². The Balaban J connectivity index is 2.05. The molecule has 0 aliphatic rings. The van der Waals surface area contributed by atoms with Crippen LogP contribution in [-0.2, 0) is 11.8 Å². The van der Waals surface area contributed by atoms with Crippen molar-refractivity contribution in [2.24, 2.45) is 0 Å². The number of aromatic nitrogens is 2. The highest BCUT2D eigenvalue weighted by molar-refractivity contribution is 9.10. The van der Waals surface area contributed by atoms with Crippen molar-refractivity contribution in [3.63, 3.8) is 0 Å². The Labute approximate surface area is 155 Å². The molecule has 5 heteroatoms. The van der Waals surface area contributed by atoms with Gasteiger partial charge in [0.1, 0.15) is 4.60 Å². The van der Waals surface area contributed by atoms with Crippen LogP contribution in [0.15, 0.2) is 47.1 Å². The van der Waals surface area contributed by atoms with Gasteiger partial charge in [-0.25, -0.2) is 9.97 Å². The minimum absolute atomic E-state index is 0.525. The van der Waals surface area contributed by atoms with Gasteiger partial charge in [-0.05, 0) is 59.6 Å². The summed E-state index contributed by atoms with van der Waals surface area (Å²) in [5.74, 6) is 0.608. The quantitative estimate of drug-likeness (QED) is 0.598. The van der Waals surface area contributed by atoms with Crippen molar-refractivity contribution in [2.75, 3.05) is 7.11 Å². The van der Waals surface area contributed by atoms with Crippen LogP contribution in [0.25, 0.3) is 10.9 Å². The van der Waals surface area contributed by atoms with Gasteiger partial charge in [0.05, 0.1) is 24.1 Å². The third-order valence-corrected chi connectivity index (χ3v) is 4.79. The zero-order valence-electron chi connectivity index (χ0n) is 14.4. The molecule has 0 amide bonds. The Bertz CT molecular complexity index is 980. The molecule has 0 N–H and O–H groups in total. The molecule has 3 rings (SSSR count). The number of halogens is 1. The van der Waals surface area contributed by atoms with Crippen molar-refractivity contribution in [1.82, 2.24) is 9.97 Å². The van der Waals surface area contributed by atoms with Crippen LogP contribution < -0.4 is 4.74 Å². The molecule has 0 fully saturated rings. The fourth-order valence-electron chi connectivity index (χ4n) is 2.92. The number of methoxy groups -OCH3 is 1. The predicted octanol–water partition coefficient (Wildman–Crippen LogP) is 4.73. The van der Waals surface area contributed by atoms with Crippen LogP contribution in [0.3, 0.4) is 0 Å². The van der Waals surface area contributed by atoms with Gasteiger partial charge in [0.15, 0.2) is 0 Å². The van der Waals surface area contributed by atoms with Crippen molar-refractivity contribution in [3.05, 3.63) is 63.9 Å². The van der Waals surface area contributed by atoms with Crippen LogP contribution in [0.4, 0.5) is 0 Å². The lowest BCUT2D eigenvalue weighted by atomic mass is 9.79. The second-order valence-electron chi connectivity index (χ2n) is 6.29. The first-order valence-electron chi connectivity index (χ1n) is 7.94. The molecule has 25 heavy (non-hydrogen) atoms. The summed E-state index contributed by atoms with van der Waals surface area (Å²) in [7, 11) is 1.61. The highest BCUT2D eigenvalue weighted by Gasteiger charge is 2.28. The fourth-order valence-corrected chi connectivity index (χ4v) is 3.30. The number of hydrogen-bond donors (Lipinski definition) is 0. The monoisotopic (exact) mass is 395 g/mol. The highest BCUT2D eigenvalue weighted by Crippen LogP contribution is 2.31. The summed E-state index contributed by atoms with van der Waals surface area (Å²) >= 11 is 3.39. The second-order valence-corrected chi connectivity index (χ2v) is 7.11. The molecular weight excluding hydrogens is 378 g/mol. The summed E-state index contributed by atoms with van der Waals surface area (Å²) in [6, 6.07) is 16.2. The average molecular weight is 396 g/mol. The normalized spacial score (nSPS) is 13.2. The summed E-state index contributed by atoms with van der Waals surface area (Å²) in [4.78, 5) is 9.03. The van der Waals surface area contributed by atoms with Gasteiger partial charge < -0.3 is 4.74 Å². The van der Waals surface area contributed by atoms with E-state index in [0.29, 0.717) is 12.3 Å². The number of hydrogen-bond acceptors (Lipinski definition) is 4. The summed E-state index contributed by atoms with van der Waals surface area (Å²) < 4.78 is 6.09. The average Bonchev–Trinajstić information content (AvgIpc) is 2.60. The molecule has 2 aromatic heterocycles. The van der Waals surface area contributed by atoms with Crippen LogP contribution in [0.5, 0.6) is 5.88 Å². The Kier molecular flexibility index (Phi) is 4.73. The van der Waals surface area contributed by atoms with Crippen LogP contribution in [0, 0.1) is 18.3 Å². The molecule has 0 aliphatic carbocycles. The molecule has 1 aromatic carbocycles. The van der Waals surface area contributed by atoms with E-state index >= 15 is 0 Å². The summed E-state index contributed by atoms with van der Waals surface area (Å²) in [5.41, 5.74) is 2.91. The van der Waals surface area contributed by atoms with Crippen LogP contribution in [0.2, 0.25) is 0 Å². The molecular formula is C20H18BrN3O. The SMILES string of the molecule is COc1nc2cc(C(C)(C#N)Cc3cccc(Br)n3)ccc2cc1C. The molecule has 1 atom stereocenters. The predicted molar refractivity (Wildman–Crippen MR) is 102 cm³/mol. The summed E-state index contributed by atoms with van der Waals surface area (Å²) in [6.07, 6.45) is 0.525. The lowest BCUT2D eigenvalue weighted by Gasteiger charge is -2.22. The minimum atomic E-state index is -0.693. The maximum absolute atomic E-state index is 9.85.